The van der Waals surface area contributed by atoms with Crippen molar-refractivity contribution in [1.29, 1.82) is 0 Å². The molecule has 1 saturated heterocycles. The molecule has 1 saturated carbocycles. The maximum absolute atomic E-state index is 12.3. The number of hydrogen-bond donors (Lipinski definition) is 2. The molecule has 2 amide bonds. The number of carboxylic acid groups (broad SMARTS) is 1. The van der Waals surface area contributed by atoms with Gasteiger partial charge in [0.1, 0.15) is 5.75 Å². The van der Waals surface area contributed by atoms with Crippen LogP contribution in [-0.4, -0.2) is 41.2 Å². The van der Waals surface area contributed by atoms with E-state index >= 15 is 0 Å². The van der Waals surface area contributed by atoms with Crippen LogP contribution in [0.25, 0.3) is 0 Å². The van der Waals surface area contributed by atoms with Gasteiger partial charge in [0, 0.05) is 25.2 Å². The lowest BCUT2D eigenvalue weighted by Gasteiger charge is -2.30. The van der Waals surface area contributed by atoms with E-state index in [1.165, 1.54) is 12.8 Å². The molecule has 0 bridgehead atoms. The van der Waals surface area contributed by atoms with Crippen molar-refractivity contribution < 1.29 is 19.4 Å². The van der Waals surface area contributed by atoms with Crippen molar-refractivity contribution in [3.63, 3.8) is 0 Å². The quantitative estimate of drug-likeness (QED) is 0.859. The van der Waals surface area contributed by atoms with Crippen LogP contribution in [0.5, 0.6) is 5.75 Å². The first-order valence-corrected chi connectivity index (χ1v) is 9.13. The maximum atomic E-state index is 12.3. The summed E-state index contributed by atoms with van der Waals surface area (Å²) in [7, 11) is 0. The van der Waals surface area contributed by atoms with E-state index in [0.717, 1.165) is 24.2 Å². The van der Waals surface area contributed by atoms with Crippen molar-refractivity contribution >= 4 is 12.0 Å². The van der Waals surface area contributed by atoms with Crippen LogP contribution in [0.4, 0.5) is 4.79 Å². The highest BCUT2D eigenvalue weighted by Gasteiger charge is 2.27. The minimum Gasteiger partial charge on any atom is -0.490 e. The van der Waals surface area contributed by atoms with E-state index in [9.17, 15) is 9.59 Å². The highest BCUT2D eigenvalue weighted by molar-refractivity contribution is 5.75. The molecule has 3 rings (SSSR count). The molecule has 0 aromatic heterocycles. The van der Waals surface area contributed by atoms with Crippen LogP contribution in [0.3, 0.4) is 0 Å². The van der Waals surface area contributed by atoms with E-state index in [4.69, 9.17) is 9.84 Å². The number of para-hydroxylation sites is 1. The Morgan fingerprint density at radius 3 is 2.48 bits per heavy atom. The second-order valence-corrected chi connectivity index (χ2v) is 6.89. The second kappa shape index (κ2) is 8.23. The van der Waals surface area contributed by atoms with Gasteiger partial charge in [-0.2, -0.15) is 0 Å². The zero-order chi connectivity index (χ0) is 17.6. The molecule has 2 aliphatic rings. The zero-order valence-corrected chi connectivity index (χ0v) is 14.4. The lowest BCUT2D eigenvalue weighted by Crippen LogP contribution is -2.45. The number of aliphatic carboxylic acids is 1. The summed E-state index contributed by atoms with van der Waals surface area (Å²) >= 11 is 0. The van der Waals surface area contributed by atoms with Gasteiger partial charge >= 0.3 is 12.0 Å². The van der Waals surface area contributed by atoms with Gasteiger partial charge in [0.25, 0.3) is 0 Å². The Hall–Kier alpha value is -2.24. The van der Waals surface area contributed by atoms with Crippen molar-refractivity contribution in [3.8, 4) is 5.75 Å². The number of rotatable bonds is 5. The standard InChI is InChI=1S/C19H26N2O4/c22-18(23)14-9-11-21(12-10-14)19(24)20-13-15-5-1-4-8-17(15)25-16-6-2-3-7-16/h1,4-5,8,14,16H,2-3,6-7,9-13H2,(H,20,24)(H,22,23). The molecule has 1 aliphatic carbocycles. The number of piperidine rings is 1. The number of hydrogen-bond acceptors (Lipinski definition) is 3. The monoisotopic (exact) mass is 346 g/mol. The molecule has 1 aliphatic heterocycles. The molecule has 136 valence electrons. The summed E-state index contributed by atoms with van der Waals surface area (Å²) in [6.45, 7) is 1.40. The van der Waals surface area contributed by atoms with E-state index in [1.54, 1.807) is 4.90 Å². The summed E-state index contributed by atoms with van der Waals surface area (Å²) in [5.74, 6) is -0.248. The molecule has 6 heteroatoms. The number of carbonyl (C=O) groups excluding carboxylic acids is 1. The Bertz CT molecular complexity index is 605. The molecule has 2 fully saturated rings. The van der Waals surface area contributed by atoms with Crippen LogP contribution in [0.1, 0.15) is 44.1 Å². The van der Waals surface area contributed by atoms with Gasteiger partial charge in [-0.05, 0) is 44.6 Å². The normalized spacial score (nSPS) is 19.0. The molecule has 1 aromatic carbocycles. The predicted octanol–water partition coefficient (Wildman–Crippen LogP) is 3.01. The number of likely N-dealkylation sites (tertiary alicyclic amines) is 1. The van der Waals surface area contributed by atoms with Crippen molar-refractivity contribution in [2.75, 3.05) is 13.1 Å². The number of nitrogens with one attached hydrogen (secondary N) is 1. The van der Waals surface area contributed by atoms with E-state index in [0.29, 0.717) is 32.5 Å². The fraction of sp³-hybridized carbons (Fsp3) is 0.579. The summed E-state index contributed by atoms with van der Waals surface area (Å²) < 4.78 is 6.09. The predicted molar refractivity (Wildman–Crippen MR) is 93.5 cm³/mol. The van der Waals surface area contributed by atoms with Crippen molar-refractivity contribution in [1.82, 2.24) is 10.2 Å². The van der Waals surface area contributed by atoms with E-state index in [1.807, 2.05) is 24.3 Å². The van der Waals surface area contributed by atoms with E-state index in [-0.39, 0.29) is 18.1 Å². The fourth-order valence-corrected chi connectivity index (χ4v) is 3.56. The molecule has 1 heterocycles. The smallest absolute Gasteiger partial charge is 0.317 e. The molecule has 0 unspecified atom stereocenters. The van der Waals surface area contributed by atoms with Crippen molar-refractivity contribution in [2.24, 2.45) is 5.92 Å². The van der Waals surface area contributed by atoms with E-state index in [2.05, 4.69) is 5.32 Å². The topological polar surface area (TPSA) is 78.9 Å². The third-order valence-corrected chi connectivity index (χ3v) is 5.13. The number of amides is 2. The minimum atomic E-state index is -0.766. The molecular formula is C19H26N2O4. The molecule has 6 nitrogen and oxygen atoms in total. The zero-order valence-electron chi connectivity index (χ0n) is 14.4. The SMILES string of the molecule is O=C(O)C1CCN(C(=O)NCc2ccccc2OC2CCCC2)CC1. The molecule has 2 N–H and O–H groups in total. The number of benzene rings is 1. The van der Waals surface area contributed by atoms with Gasteiger partial charge in [0.15, 0.2) is 0 Å². The minimum absolute atomic E-state index is 0.139. The van der Waals surface area contributed by atoms with Crippen LogP contribution in [0, 0.1) is 5.92 Å². The van der Waals surface area contributed by atoms with Gasteiger partial charge in [-0.3, -0.25) is 4.79 Å². The highest BCUT2D eigenvalue weighted by Crippen LogP contribution is 2.26. The van der Waals surface area contributed by atoms with Crippen molar-refractivity contribution in [2.45, 2.75) is 51.2 Å². The fourth-order valence-electron chi connectivity index (χ4n) is 3.56. The van der Waals surface area contributed by atoms with E-state index < -0.39 is 5.97 Å². The van der Waals surface area contributed by atoms with Crippen LogP contribution in [0.2, 0.25) is 0 Å². The summed E-state index contributed by atoms with van der Waals surface area (Å²) in [5, 5.41) is 12.0. The summed E-state index contributed by atoms with van der Waals surface area (Å²) in [4.78, 5) is 25.0. The molecule has 0 radical (unpaired) electrons. The Balaban J connectivity index is 1.51. The molecular weight excluding hydrogens is 320 g/mol. The number of carbonyl (C=O) groups is 2. The molecule has 0 atom stereocenters. The average Bonchev–Trinajstić information content (AvgIpc) is 3.14. The van der Waals surface area contributed by atoms with Gasteiger partial charge in [0.2, 0.25) is 0 Å². The van der Waals surface area contributed by atoms with Gasteiger partial charge < -0.3 is 20.1 Å². The second-order valence-electron chi connectivity index (χ2n) is 6.89. The average molecular weight is 346 g/mol. The lowest BCUT2D eigenvalue weighted by atomic mass is 9.97. The first kappa shape index (κ1) is 17.6. The molecule has 1 aromatic rings. The molecule has 0 spiro atoms. The number of nitrogens with zero attached hydrogens (tertiary/aromatic N) is 1. The highest BCUT2D eigenvalue weighted by atomic mass is 16.5. The van der Waals surface area contributed by atoms with Crippen LogP contribution < -0.4 is 10.1 Å². The van der Waals surface area contributed by atoms with Crippen LogP contribution in [-0.2, 0) is 11.3 Å². The third kappa shape index (κ3) is 4.65. The third-order valence-electron chi connectivity index (χ3n) is 5.13. The van der Waals surface area contributed by atoms with Crippen molar-refractivity contribution in [3.05, 3.63) is 29.8 Å². The van der Waals surface area contributed by atoms with Gasteiger partial charge in [-0.15, -0.1) is 0 Å². The summed E-state index contributed by atoms with van der Waals surface area (Å²) in [6.07, 6.45) is 5.95. The van der Waals surface area contributed by atoms with Gasteiger partial charge in [0.05, 0.1) is 12.0 Å². The number of ether oxygens (including phenoxy) is 1. The maximum Gasteiger partial charge on any atom is 0.317 e. The number of carboxylic acids is 1. The first-order chi connectivity index (χ1) is 12.1. The van der Waals surface area contributed by atoms with Gasteiger partial charge in [-0.25, -0.2) is 4.79 Å². The lowest BCUT2D eigenvalue weighted by molar-refractivity contribution is -0.143. The Labute approximate surface area is 148 Å². The first-order valence-electron chi connectivity index (χ1n) is 9.13. The Morgan fingerprint density at radius 2 is 1.80 bits per heavy atom. The summed E-state index contributed by atoms with van der Waals surface area (Å²) in [5.41, 5.74) is 0.975. The summed E-state index contributed by atoms with van der Waals surface area (Å²) in [6, 6.07) is 7.69. The van der Waals surface area contributed by atoms with Gasteiger partial charge in [-0.1, -0.05) is 18.2 Å². The number of urea groups is 1. The molecule has 25 heavy (non-hydrogen) atoms. The largest absolute Gasteiger partial charge is 0.490 e. The Kier molecular flexibility index (Phi) is 5.79. The van der Waals surface area contributed by atoms with Crippen LogP contribution in [0.15, 0.2) is 24.3 Å². The van der Waals surface area contributed by atoms with Crippen LogP contribution >= 0.6 is 0 Å². The Morgan fingerprint density at radius 1 is 1.12 bits per heavy atom.